The van der Waals surface area contributed by atoms with Crippen LogP contribution in [0.3, 0.4) is 0 Å². The van der Waals surface area contributed by atoms with Crippen molar-refractivity contribution in [2.24, 2.45) is 7.05 Å². The molecule has 19 heavy (non-hydrogen) atoms. The fraction of sp³-hybridized carbons (Fsp3) is 0.417. The van der Waals surface area contributed by atoms with Gasteiger partial charge in [-0.05, 0) is 20.8 Å². The molecule has 0 saturated carbocycles. The van der Waals surface area contributed by atoms with E-state index in [4.69, 9.17) is 11.6 Å². The second-order valence-electron chi connectivity index (χ2n) is 4.36. The predicted molar refractivity (Wildman–Crippen MR) is 75.7 cm³/mol. The van der Waals surface area contributed by atoms with Crippen LogP contribution in [0.1, 0.15) is 39.8 Å². The number of carbonyl (C=O) groups excluding carboxylic acids is 1. The minimum absolute atomic E-state index is 0.163. The Bertz CT molecular complexity index is 619. The summed E-state index contributed by atoms with van der Waals surface area (Å²) in [6.07, 6.45) is 0. The summed E-state index contributed by atoms with van der Waals surface area (Å²) in [7, 11) is 1.70. The molecule has 102 valence electrons. The van der Waals surface area contributed by atoms with Crippen LogP contribution in [0.2, 0.25) is 5.02 Å². The number of hydrogen-bond acceptors (Lipinski definition) is 4. The lowest BCUT2D eigenvalue weighted by atomic mass is 10.2. The number of amides is 1. The molecule has 0 radical (unpaired) electrons. The average Bonchev–Trinajstić information content (AvgIpc) is 2.84. The molecule has 1 atom stereocenters. The van der Waals surface area contributed by atoms with E-state index in [1.54, 1.807) is 25.3 Å². The Morgan fingerprint density at radius 1 is 1.53 bits per heavy atom. The Hall–Kier alpha value is -1.40. The first-order chi connectivity index (χ1) is 8.90. The summed E-state index contributed by atoms with van der Waals surface area (Å²) in [6, 6.07) is -0.163. The number of thiazole rings is 1. The minimum atomic E-state index is -0.244. The zero-order valence-electron chi connectivity index (χ0n) is 11.2. The molecule has 2 aromatic rings. The summed E-state index contributed by atoms with van der Waals surface area (Å²) < 4.78 is 1.49. The molecule has 0 aromatic carbocycles. The first-order valence-electron chi connectivity index (χ1n) is 5.82. The fourth-order valence-electron chi connectivity index (χ4n) is 1.80. The maximum Gasteiger partial charge on any atom is 0.271 e. The maximum atomic E-state index is 12.2. The molecule has 2 heterocycles. The van der Waals surface area contributed by atoms with Crippen LogP contribution in [0.4, 0.5) is 0 Å². The molecule has 1 unspecified atom stereocenters. The molecule has 0 aliphatic carbocycles. The third-order valence-electron chi connectivity index (χ3n) is 2.79. The molecule has 1 amide bonds. The summed E-state index contributed by atoms with van der Waals surface area (Å²) >= 11 is 7.64. The zero-order valence-corrected chi connectivity index (χ0v) is 12.8. The number of aryl methyl sites for hydroxylation is 3. The third kappa shape index (κ3) is 2.79. The van der Waals surface area contributed by atoms with Crippen molar-refractivity contribution in [3.63, 3.8) is 0 Å². The molecule has 5 nitrogen and oxygen atoms in total. The Labute approximate surface area is 120 Å². The second kappa shape index (κ2) is 5.30. The van der Waals surface area contributed by atoms with Crippen molar-refractivity contribution in [2.45, 2.75) is 26.8 Å². The molecule has 1 N–H and O–H groups in total. The lowest BCUT2D eigenvalue weighted by Gasteiger charge is -2.11. The molecule has 0 aliphatic heterocycles. The highest BCUT2D eigenvalue weighted by Crippen LogP contribution is 2.21. The van der Waals surface area contributed by atoms with Crippen molar-refractivity contribution in [3.05, 3.63) is 32.5 Å². The van der Waals surface area contributed by atoms with E-state index in [-0.39, 0.29) is 11.9 Å². The third-order valence-corrected chi connectivity index (χ3v) is 4.04. The number of nitrogens with one attached hydrogen (secondary N) is 1. The van der Waals surface area contributed by atoms with E-state index in [1.165, 1.54) is 4.68 Å². The highest BCUT2D eigenvalue weighted by Gasteiger charge is 2.21. The molecule has 0 fully saturated rings. The van der Waals surface area contributed by atoms with Crippen LogP contribution in [0.5, 0.6) is 0 Å². The Kier molecular flexibility index (Phi) is 3.91. The van der Waals surface area contributed by atoms with E-state index in [0.29, 0.717) is 16.4 Å². The Morgan fingerprint density at radius 2 is 2.21 bits per heavy atom. The first-order valence-corrected chi connectivity index (χ1v) is 7.08. The molecule has 0 aliphatic rings. The van der Waals surface area contributed by atoms with Crippen molar-refractivity contribution in [3.8, 4) is 0 Å². The molecule has 2 aromatic heterocycles. The molecular formula is C12H15ClN4OS. The topological polar surface area (TPSA) is 59.8 Å². The van der Waals surface area contributed by atoms with Gasteiger partial charge in [0.1, 0.15) is 5.69 Å². The van der Waals surface area contributed by atoms with Gasteiger partial charge >= 0.3 is 0 Å². The lowest BCUT2D eigenvalue weighted by molar-refractivity contribution is 0.0930. The fourth-order valence-corrected chi connectivity index (χ4v) is 2.75. The number of halogens is 1. The molecule has 0 spiro atoms. The quantitative estimate of drug-likeness (QED) is 0.947. The van der Waals surface area contributed by atoms with Gasteiger partial charge in [-0.1, -0.05) is 11.6 Å². The first kappa shape index (κ1) is 14.0. The summed E-state index contributed by atoms with van der Waals surface area (Å²) in [6.45, 7) is 5.60. The van der Waals surface area contributed by atoms with E-state index in [1.807, 2.05) is 19.2 Å². The number of aromatic nitrogens is 3. The van der Waals surface area contributed by atoms with E-state index in [9.17, 15) is 4.79 Å². The van der Waals surface area contributed by atoms with Crippen LogP contribution in [0.15, 0.2) is 5.38 Å². The summed E-state index contributed by atoms with van der Waals surface area (Å²) in [5.74, 6) is -0.244. The normalized spacial score (nSPS) is 12.5. The highest BCUT2D eigenvalue weighted by atomic mass is 35.5. The monoisotopic (exact) mass is 298 g/mol. The van der Waals surface area contributed by atoms with Gasteiger partial charge in [-0.25, -0.2) is 4.98 Å². The second-order valence-corrected chi connectivity index (χ2v) is 5.80. The van der Waals surface area contributed by atoms with Crippen molar-refractivity contribution < 1.29 is 4.79 Å². The van der Waals surface area contributed by atoms with E-state index >= 15 is 0 Å². The predicted octanol–water partition coefficient (Wildman–Crippen LogP) is 2.64. The van der Waals surface area contributed by atoms with Crippen molar-refractivity contribution >= 4 is 28.8 Å². The van der Waals surface area contributed by atoms with Crippen LogP contribution in [-0.2, 0) is 7.05 Å². The number of rotatable bonds is 3. The minimum Gasteiger partial charge on any atom is -0.343 e. The SMILES string of the molecule is Cc1nc(C(C)NC(=O)c2c(Cl)c(C)nn2C)cs1. The number of hydrogen-bond donors (Lipinski definition) is 1. The van der Waals surface area contributed by atoms with Gasteiger partial charge in [0, 0.05) is 12.4 Å². The van der Waals surface area contributed by atoms with Gasteiger partial charge in [0.25, 0.3) is 5.91 Å². The van der Waals surface area contributed by atoms with Crippen LogP contribution >= 0.6 is 22.9 Å². The standard InChI is InChI=1S/C12H15ClN4OS/c1-6(9-5-19-8(3)15-9)14-12(18)11-10(13)7(2)16-17(11)4/h5-6H,1-4H3,(H,14,18). The molecule has 7 heteroatoms. The average molecular weight is 299 g/mol. The molecule has 2 rings (SSSR count). The molecule has 0 bridgehead atoms. The van der Waals surface area contributed by atoms with E-state index < -0.39 is 0 Å². The van der Waals surface area contributed by atoms with E-state index in [2.05, 4.69) is 15.4 Å². The van der Waals surface area contributed by atoms with Gasteiger partial charge in [-0.15, -0.1) is 11.3 Å². The molecule has 0 saturated heterocycles. The van der Waals surface area contributed by atoms with Crippen LogP contribution in [0, 0.1) is 13.8 Å². The molecular weight excluding hydrogens is 284 g/mol. The summed E-state index contributed by atoms with van der Waals surface area (Å²) in [4.78, 5) is 16.6. The van der Waals surface area contributed by atoms with Crippen molar-refractivity contribution in [1.29, 1.82) is 0 Å². The number of nitrogens with zero attached hydrogens (tertiary/aromatic N) is 3. The van der Waals surface area contributed by atoms with Crippen molar-refractivity contribution in [2.75, 3.05) is 0 Å². The van der Waals surface area contributed by atoms with Crippen LogP contribution < -0.4 is 5.32 Å². The van der Waals surface area contributed by atoms with Gasteiger partial charge < -0.3 is 5.32 Å². The highest BCUT2D eigenvalue weighted by molar-refractivity contribution is 7.09. The zero-order chi connectivity index (χ0) is 14.2. The Morgan fingerprint density at radius 3 is 2.68 bits per heavy atom. The largest absolute Gasteiger partial charge is 0.343 e. The summed E-state index contributed by atoms with van der Waals surface area (Å²) in [5, 5.41) is 10.3. The van der Waals surface area contributed by atoms with Crippen LogP contribution in [0.25, 0.3) is 0 Å². The van der Waals surface area contributed by atoms with Gasteiger partial charge in [0.05, 0.1) is 27.5 Å². The van der Waals surface area contributed by atoms with Crippen LogP contribution in [-0.4, -0.2) is 20.7 Å². The Balaban J connectivity index is 2.17. The van der Waals surface area contributed by atoms with Gasteiger partial charge in [-0.2, -0.15) is 5.10 Å². The lowest BCUT2D eigenvalue weighted by Crippen LogP contribution is -2.28. The van der Waals surface area contributed by atoms with Gasteiger partial charge in [0.15, 0.2) is 0 Å². The van der Waals surface area contributed by atoms with Gasteiger partial charge in [-0.3, -0.25) is 9.48 Å². The van der Waals surface area contributed by atoms with Gasteiger partial charge in [0.2, 0.25) is 0 Å². The number of carbonyl (C=O) groups is 1. The van der Waals surface area contributed by atoms with E-state index in [0.717, 1.165) is 10.7 Å². The maximum absolute atomic E-state index is 12.2. The summed E-state index contributed by atoms with van der Waals surface area (Å²) in [5.41, 5.74) is 1.87. The smallest absolute Gasteiger partial charge is 0.271 e. The van der Waals surface area contributed by atoms with Crippen molar-refractivity contribution in [1.82, 2.24) is 20.1 Å².